The fraction of sp³-hybridized carbons (Fsp3) is 0.471. The van der Waals surface area contributed by atoms with Gasteiger partial charge in [-0.15, -0.1) is 0 Å². The zero-order valence-electron chi connectivity index (χ0n) is 13.8. The van der Waals surface area contributed by atoms with Gasteiger partial charge in [-0.2, -0.15) is 4.99 Å². The van der Waals surface area contributed by atoms with Gasteiger partial charge in [0.1, 0.15) is 5.84 Å². The summed E-state index contributed by atoms with van der Waals surface area (Å²) in [7, 11) is 3.64. The number of carbonyl (C=O) groups is 2. The quantitative estimate of drug-likeness (QED) is 0.846. The lowest BCUT2D eigenvalue weighted by atomic mass is 9.76. The van der Waals surface area contributed by atoms with E-state index in [1.165, 1.54) is 0 Å². The Kier molecular flexibility index (Phi) is 4.09. The normalized spacial score (nSPS) is 24.3. The maximum atomic E-state index is 12.9. The molecule has 2 amide bonds. The minimum Gasteiger partial charge on any atom is -0.364 e. The fourth-order valence-electron chi connectivity index (χ4n) is 3.03. The van der Waals surface area contributed by atoms with E-state index in [4.69, 9.17) is 0 Å². The number of likely N-dealkylation sites (N-methyl/N-ethyl adjacent to an activating group) is 1. The minimum absolute atomic E-state index is 0.295. The van der Waals surface area contributed by atoms with Gasteiger partial charge in [-0.25, -0.2) is 0 Å². The third-order valence-corrected chi connectivity index (χ3v) is 4.17. The number of amides is 2. The Balaban J connectivity index is 2.66. The number of benzene rings is 1. The van der Waals surface area contributed by atoms with Crippen LogP contribution in [0.5, 0.6) is 0 Å². The van der Waals surface area contributed by atoms with Crippen molar-refractivity contribution in [2.24, 2.45) is 4.99 Å². The zero-order valence-corrected chi connectivity index (χ0v) is 13.8. The van der Waals surface area contributed by atoms with Gasteiger partial charge in [0.15, 0.2) is 5.41 Å². The molecule has 1 heterocycles. The molecule has 1 aromatic rings. The van der Waals surface area contributed by atoms with Crippen LogP contribution >= 0.6 is 0 Å². The van der Waals surface area contributed by atoms with E-state index >= 15 is 0 Å². The molecule has 0 aromatic heterocycles. The molecule has 1 atom stereocenters. The predicted octanol–water partition coefficient (Wildman–Crippen LogP) is 1.73. The summed E-state index contributed by atoms with van der Waals surface area (Å²) in [5, 5.41) is 2.99. The van der Waals surface area contributed by atoms with Gasteiger partial charge in [0.25, 0.3) is 5.91 Å². The highest BCUT2D eigenvalue weighted by atomic mass is 16.2. The number of nitrogens with one attached hydrogen (secondary N) is 1. The minimum atomic E-state index is -1.27. The number of hydrogen-bond donors (Lipinski definition) is 1. The van der Waals surface area contributed by atoms with Crippen LogP contribution in [0.4, 0.5) is 0 Å². The van der Waals surface area contributed by atoms with Crippen molar-refractivity contribution in [3.05, 3.63) is 35.9 Å². The van der Waals surface area contributed by atoms with E-state index in [-0.39, 0.29) is 5.91 Å². The second-order valence-corrected chi connectivity index (χ2v) is 6.34. The summed E-state index contributed by atoms with van der Waals surface area (Å²) in [5.74, 6) is -0.151. The van der Waals surface area contributed by atoms with E-state index in [2.05, 4.69) is 10.3 Å². The van der Waals surface area contributed by atoms with Crippen molar-refractivity contribution in [1.82, 2.24) is 10.2 Å². The molecule has 0 spiro atoms. The lowest BCUT2D eigenvalue weighted by Gasteiger charge is -2.32. The molecule has 5 nitrogen and oxygen atoms in total. The molecule has 2 rings (SSSR count). The Labute approximate surface area is 131 Å². The maximum absolute atomic E-state index is 12.9. The van der Waals surface area contributed by atoms with Gasteiger partial charge >= 0.3 is 0 Å². The van der Waals surface area contributed by atoms with Crippen molar-refractivity contribution in [2.45, 2.75) is 38.1 Å². The van der Waals surface area contributed by atoms with E-state index < -0.39 is 16.9 Å². The molecule has 1 aliphatic heterocycles. The maximum Gasteiger partial charge on any atom is 0.267 e. The average Bonchev–Trinajstić information content (AvgIpc) is 2.53. The molecule has 5 heteroatoms. The Morgan fingerprint density at radius 3 is 2.23 bits per heavy atom. The van der Waals surface area contributed by atoms with Crippen molar-refractivity contribution in [3.8, 4) is 0 Å². The zero-order chi connectivity index (χ0) is 16.5. The van der Waals surface area contributed by atoms with Gasteiger partial charge < -0.3 is 10.2 Å². The van der Waals surface area contributed by atoms with Crippen LogP contribution in [0.25, 0.3) is 0 Å². The first-order chi connectivity index (χ1) is 10.3. The van der Waals surface area contributed by atoms with Crippen molar-refractivity contribution in [1.29, 1.82) is 0 Å². The van der Waals surface area contributed by atoms with E-state index in [0.29, 0.717) is 17.8 Å². The summed E-state index contributed by atoms with van der Waals surface area (Å²) in [6.07, 6.45) is 0.363. The monoisotopic (exact) mass is 301 g/mol. The molecule has 1 aliphatic rings. The molecule has 0 fully saturated rings. The van der Waals surface area contributed by atoms with Gasteiger partial charge in [-0.05, 0) is 25.8 Å². The van der Waals surface area contributed by atoms with Crippen molar-refractivity contribution in [3.63, 3.8) is 0 Å². The molecule has 0 aliphatic carbocycles. The van der Waals surface area contributed by atoms with Crippen LogP contribution in [-0.4, -0.2) is 42.2 Å². The largest absolute Gasteiger partial charge is 0.364 e. The van der Waals surface area contributed by atoms with Crippen molar-refractivity contribution in [2.75, 3.05) is 14.1 Å². The molecule has 1 N–H and O–H groups in total. The number of aliphatic imine (C=N–C) groups is 1. The molecule has 1 unspecified atom stereocenters. The Morgan fingerprint density at radius 1 is 1.14 bits per heavy atom. The Morgan fingerprint density at radius 2 is 1.73 bits per heavy atom. The number of nitrogens with zero attached hydrogens (tertiary/aromatic N) is 2. The summed E-state index contributed by atoms with van der Waals surface area (Å²) >= 11 is 0. The number of rotatable bonds is 2. The SMILES string of the molecule is CCC1(c2ccccc2)C(=O)N=C(N(C)C)C(C)(C)NC1=O. The standard InChI is InChI=1S/C17H23N3O2/c1-6-17(12-10-8-7-9-11-12)14(21)18-13(20(4)5)16(2,3)19-15(17)22/h7-11H,6H2,1-5H3,(H,19,22). The van der Waals surface area contributed by atoms with Crippen LogP contribution in [0, 0.1) is 0 Å². The summed E-state index contributed by atoms with van der Waals surface area (Å²) < 4.78 is 0. The van der Waals surface area contributed by atoms with Crippen molar-refractivity contribution < 1.29 is 9.59 Å². The molecular formula is C17H23N3O2. The van der Waals surface area contributed by atoms with Crippen LogP contribution in [0.3, 0.4) is 0 Å². The molecule has 22 heavy (non-hydrogen) atoms. The van der Waals surface area contributed by atoms with Crippen LogP contribution in [0.15, 0.2) is 35.3 Å². The molecule has 1 aromatic carbocycles. The number of hydrogen-bond acceptors (Lipinski definition) is 3. The van der Waals surface area contributed by atoms with Gasteiger partial charge in [0.05, 0.1) is 5.54 Å². The number of amidine groups is 1. The van der Waals surface area contributed by atoms with Gasteiger partial charge in [0, 0.05) is 14.1 Å². The molecule has 0 saturated heterocycles. The number of carbonyl (C=O) groups excluding carboxylic acids is 2. The highest BCUT2D eigenvalue weighted by Crippen LogP contribution is 2.33. The Hall–Kier alpha value is -2.17. The van der Waals surface area contributed by atoms with Gasteiger partial charge in [0.2, 0.25) is 5.91 Å². The molecule has 0 bridgehead atoms. The summed E-state index contributed by atoms with van der Waals surface area (Å²) in [4.78, 5) is 31.9. The summed E-state index contributed by atoms with van der Waals surface area (Å²) in [6, 6.07) is 9.15. The topological polar surface area (TPSA) is 61.8 Å². The highest BCUT2D eigenvalue weighted by Gasteiger charge is 2.50. The lowest BCUT2D eigenvalue weighted by molar-refractivity contribution is -0.136. The highest BCUT2D eigenvalue weighted by molar-refractivity contribution is 6.18. The third kappa shape index (κ3) is 2.40. The van der Waals surface area contributed by atoms with E-state index in [1.54, 1.807) is 4.90 Å². The summed E-state index contributed by atoms with van der Waals surface area (Å²) in [6.45, 7) is 5.55. The van der Waals surface area contributed by atoms with E-state index in [0.717, 1.165) is 0 Å². The molecule has 0 radical (unpaired) electrons. The van der Waals surface area contributed by atoms with Gasteiger partial charge in [-0.1, -0.05) is 37.3 Å². The smallest absolute Gasteiger partial charge is 0.267 e. The second kappa shape index (κ2) is 5.55. The van der Waals surface area contributed by atoms with E-state index in [9.17, 15) is 9.59 Å². The Bertz CT molecular complexity index is 620. The average molecular weight is 301 g/mol. The lowest BCUT2D eigenvalue weighted by Crippen LogP contribution is -2.57. The predicted molar refractivity (Wildman–Crippen MR) is 86.8 cm³/mol. The van der Waals surface area contributed by atoms with Crippen LogP contribution < -0.4 is 5.32 Å². The first-order valence-electron chi connectivity index (χ1n) is 7.44. The summed E-state index contributed by atoms with van der Waals surface area (Å²) in [5.41, 5.74) is -1.29. The first-order valence-corrected chi connectivity index (χ1v) is 7.44. The third-order valence-electron chi connectivity index (χ3n) is 4.17. The van der Waals surface area contributed by atoms with Crippen molar-refractivity contribution >= 4 is 17.6 Å². The van der Waals surface area contributed by atoms with E-state index in [1.807, 2.05) is 65.2 Å². The van der Waals surface area contributed by atoms with Crippen LogP contribution in [0.1, 0.15) is 32.8 Å². The van der Waals surface area contributed by atoms with Gasteiger partial charge in [-0.3, -0.25) is 9.59 Å². The fourth-order valence-corrected chi connectivity index (χ4v) is 3.03. The second-order valence-electron chi connectivity index (χ2n) is 6.34. The van der Waals surface area contributed by atoms with Crippen LogP contribution in [0.2, 0.25) is 0 Å². The molecule has 0 saturated carbocycles. The first kappa shape index (κ1) is 16.2. The van der Waals surface area contributed by atoms with Crippen LogP contribution in [-0.2, 0) is 15.0 Å². The molecular weight excluding hydrogens is 278 g/mol. The molecule has 118 valence electrons.